The Hall–Kier alpha value is -1.35. The molecule has 0 radical (unpaired) electrons. The number of rotatable bonds is 10. The third-order valence-electron chi connectivity index (χ3n) is 5.86. The zero-order valence-electron chi connectivity index (χ0n) is 18.9. The van der Waals surface area contributed by atoms with Crippen molar-refractivity contribution in [2.24, 2.45) is 22.2 Å². The van der Waals surface area contributed by atoms with Gasteiger partial charge in [-0.2, -0.15) is 0 Å². The van der Waals surface area contributed by atoms with E-state index in [1.807, 2.05) is 32.2 Å². The number of hydrogen-bond acceptors (Lipinski definition) is 3. The number of hydrogen-bond donors (Lipinski definition) is 0. The first kappa shape index (κ1) is 22.9. The van der Waals surface area contributed by atoms with Crippen LogP contribution in [0.5, 0.6) is 5.75 Å². The van der Waals surface area contributed by atoms with E-state index in [2.05, 4.69) is 39.8 Å². The quantitative estimate of drug-likeness (QED) is 0.427. The van der Waals surface area contributed by atoms with Crippen molar-refractivity contribution in [3.63, 3.8) is 0 Å². The number of nitrogens with zero attached hydrogens (tertiary/aromatic N) is 1. The van der Waals surface area contributed by atoms with Crippen LogP contribution in [0.1, 0.15) is 79.2 Å². The summed E-state index contributed by atoms with van der Waals surface area (Å²) in [6, 6.07) is 8.21. The Morgan fingerprint density at radius 3 is 2.43 bits per heavy atom. The molecule has 1 aromatic rings. The molecular formula is C25H41NO2. The highest BCUT2D eigenvalue weighted by Crippen LogP contribution is 2.43. The molecule has 0 unspecified atom stereocenters. The fourth-order valence-corrected chi connectivity index (χ4v) is 3.99. The normalized spacial score (nSPS) is 23.2. The largest absolute Gasteiger partial charge is 0.491 e. The van der Waals surface area contributed by atoms with Crippen LogP contribution < -0.4 is 4.74 Å². The van der Waals surface area contributed by atoms with Gasteiger partial charge in [-0.05, 0) is 86.6 Å². The summed E-state index contributed by atoms with van der Waals surface area (Å²) in [6.07, 6.45) is 8.74. The van der Waals surface area contributed by atoms with Crippen LogP contribution >= 0.6 is 0 Å². The number of aliphatic imine (C=N–C) groups is 1. The maximum atomic E-state index is 6.07. The van der Waals surface area contributed by atoms with Crippen molar-refractivity contribution in [3.05, 3.63) is 29.8 Å². The molecule has 158 valence electrons. The Morgan fingerprint density at radius 2 is 1.82 bits per heavy atom. The van der Waals surface area contributed by atoms with E-state index in [4.69, 9.17) is 14.5 Å². The van der Waals surface area contributed by atoms with E-state index in [0.717, 1.165) is 36.8 Å². The summed E-state index contributed by atoms with van der Waals surface area (Å²) in [7, 11) is 0. The van der Waals surface area contributed by atoms with Crippen LogP contribution in [-0.2, 0) is 4.74 Å². The summed E-state index contributed by atoms with van der Waals surface area (Å²) in [5.74, 6) is 2.27. The van der Waals surface area contributed by atoms with Crippen LogP contribution in [-0.4, -0.2) is 31.6 Å². The molecule has 0 N–H and O–H groups in total. The molecule has 3 heteroatoms. The minimum Gasteiger partial charge on any atom is -0.491 e. The average Bonchev–Trinajstić information content (AvgIpc) is 2.65. The van der Waals surface area contributed by atoms with Crippen molar-refractivity contribution in [3.8, 4) is 5.75 Å². The molecule has 3 nitrogen and oxygen atoms in total. The van der Waals surface area contributed by atoms with Crippen LogP contribution in [0.2, 0.25) is 0 Å². The topological polar surface area (TPSA) is 30.8 Å². The maximum absolute atomic E-state index is 6.07. The number of ether oxygens (including phenoxy) is 2. The SMILES string of the molecule is CC(C)CC[C@@]1(CCN=Cc2ccc(OC(C)C)cc2)CCO[C@@H](C(C)C)C1. The lowest BCUT2D eigenvalue weighted by atomic mass is 9.69. The first-order chi connectivity index (χ1) is 13.3. The van der Waals surface area contributed by atoms with Crippen LogP contribution in [0.25, 0.3) is 0 Å². The molecule has 0 saturated carbocycles. The Bertz CT molecular complexity index is 591. The second kappa shape index (κ2) is 11.0. The highest BCUT2D eigenvalue weighted by atomic mass is 16.5. The minimum atomic E-state index is 0.204. The Morgan fingerprint density at radius 1 is 1.11 bits per heavy atom. The predicted molar refractivity (Wildman–Crippen MR) is 120 cm³/mol. The van der Waals surface area contributed by atoms with E-state index >= 15 is 0 Å². The smallest absolute Gasteiger partial charge is 0.119 e. The lowest BCUT2D eigenvalue weighted by Gasteiger charge is -2.43. The van der Waals surface area contributed by atoms with Gasteiger partial charge in [-0.1, -0.05) is 34.1 Å². The Balaban J connectivity index is 1.94. The van der Waals surface area contributed by atoms with Gasteiger partial charge >= 0.3 is 0 Å². The predicted octanol–water partition coefficient (Wildman–Crippen LogP) is 6.54. The highest BCUT2D eigenvalue weighted by Gasteiger charge is 2.37. The van der Waals surface area contributed by atoms with Gasteiger partial charge in [-0.15, -0.1) is 0 Å². The fourth-order valence-electron chi connectivity index (χ4n) is 3.99. The molecule has 2 atom stereocenters. The van der Waals surface area contributed by atoms with Crippen LogP contribution in [0.3, 0.4) is 0 Å². The third-order valence-corrected chi connectivity index (χ3v) is 5.86. The van der Waals surface area contributed by atoms with Gasteiger partial charge in [0.25, 0.3) is 0 Å². The summed E-state index contributed by atoms with van der Waals surface area (Å²) in [6.45, 7) is 15.1. The molecule has 1 fully saturated rings. The van der Waals surface area contributed by atoms with Gasteiger partial charge in [-0.25, -0.2) is 0 Å². The molecule has 0 aromatic heterocycles. The summed E-state index contributed by atoms with van der Waals surface area (Å²) < 4.78 is 11.8. The van der Waals surface area contributed by atoms with E-state index in [9.17, 15) is 0 Å². The molecule has 0 aliphatic carbocycles. The van der Waals surface area contributed by atoms with E-state index in [1.54, 1.807) is 0 Å². The first-order valence-corrected chi connectivity index (χ1v) is 11.2. The molecule has 1 heterocycles. The Kier molecular flexibility index (Phi) is 9.01. The standard InChI is InChI=1S/C25H41NO2/c1-19(2)11-12-25(14-16-27-24(17-25)20(3)4)13-15-26-18-22-7-9-23(10-8-22)28-21(5)6/h7-10,18-21,24H,11-17H2,1-6H3/t24-,25-/m1/s1. The number of benzene rings is 1. The molecule has 0 bridgehead atoms. The summed E-state index contributed by atoms with van der Waals surface area (Å²) in [4.78, 5) is 4.76. The molecule has 28 heavy (non-hydrogen) atoms. The zero-order valence-corrected chi connectivity index (χ0v) is 18.9. The van der Waals surface area contributed by atoms with Crippen molar-refractivity contribution < 1.29 is 9.47 Å². The van der Waals surface area contributed by atoms with Gasteiger partial charge in [0.15, 0.2) is 0 Å². The van der Waals surface area contributed by atoms with Crippen LogP contribution in [0.4, 0.5) is 0 Å². The second-order valence-corrected chi connectivity index (χ2v) is 9.56. The van der Waals surface area contributed by atoms with E-state index < -0.39 is 0 Å². The van der Waals surface area contributed by atoms with Gasteiger partial charge in [0.05, 0.1) is 12.2 Å². The molecule has 2 rings (SSSR count). The van der Waals surface area contributed by atoms with Crippen molar-refractivity contribution in [2.75, 3.05) is 13.2 Å². The van der Waals surface area contributed by atoms with Crippen molar-refractivity contribution in [1.82, 2.24) is 0 Å². The third kappa shape index (κ3) is 7.58. The maximum Gasteiger partial charge on any atom is 0.119 e. The van der Waals surface area contributed by atoms with Crippen LogP contribution in [0, 0.1) is 17.3 Å². The van der Waals surface area contributed by atoms with Gasteiger partial charge in [0.1, 0.15) is 5.75 Å². The van der Waals surface area contributed by atoms with Gasteiger partial charge in [-0.3, -0.25) is 4.99 Å². The zero-order chi connectivity index (χ0) is 20.6. The van der Waals surface area contributed by atoms with Crippen molar-refractivity contribution in [2.45, 2.75) is 85.9 Å². The molecule has 0 spiro atoms. The van der Waals surface area contributed by atoms with Gasteiger partial charge in [0.2, 0.25) is 0 Å². The molecule has 0 amide bonds. The van der Waals surface area contributed by atoms with Gasteiger partial charge < -0.3 is 9.47 Å². The molecule has 1 aliphatic heterocycles. The van der Waals surface area contributed by atoms with Gasteiger partial charge in [0, 0.05) is 19.4 Å². The van der Waals surface area contributed by atoms with Crippen molar-refractivity contribution >= 4 is 6.21 Å². The van der Waals surface area contributed by atoms with Crippen LogP contribution in [0.15, 0.2) is 29.3 Å². The minimum absolute atomic E-state index is 0.204. The summed E-state index contributed by atoms with van der Waals surface area (Å²) in [5, 5.41) is 0. The Labute approximate surface area is 172 Å². The van der Waals surface area contributed by atoms with Crippen molar-refractivity contribution in [1.29, 1.82) is 0 Å². The van der Waals surface area contributed by atoms with E-state index in [1.165, 1.54) is 25.7 Å². The molecule has 1 aromatic carbocycles. The average molecular weight is 388 g/mol. The highest BCUT2D eigenvalue weighted by molar-refractivity contribution is 5.79. The lowest BCUT2D eigenvalue weighted by Crippen LogP contribution is -2.38. The monoisotopic (exact) mass is 387 g/mol. The summed E-state index contributed by atoms with van der Waals surface area (Å²) >= 11 is 0. The molecular weight excluding hydrogens is 346 g/mol. The molecule has 1 aliphatic rings. The van der Waals surface area contributed by atoms with E-state index in [0.29, 0.717) is 17.4 Å². The summed E-state index contributed by atoms with van der Waals surface area (Å²) in [5.41, 5.74) is 1.53. The molecule has 1 saturated heterocycles. The van der Waals surface area contributed by atoms with E-state index in [-0.39, 0.29) is 6.10 Å². The second-order valence-electron chi connectivity index (χ2n) is 9.56. The fraction of sp³-hybridized carbons (Fsp3) is 0.720. The lowest BCUT2D eigenvalue weighted by molar-refractivity contribution is -0.0755. The first-order valence-electron chi connectivity index (χ1n) is 11.2.